The Balaban J connectivity index is 1.74. The molecule has 0 radical (unpaired) electrons. The Morgan fingerprint density at radius 3 is 1.77 bits per heavy atom. The summed E-state index contributed by atoms with van der Waals surface area (Å²) in [4.78, 5) is 12.8. The highest BCUT2D eigenvalue weighted by atomic mass is 15.1. The molecular weight excluding hydrogens is 474 g/mol. The first-order valence-corrected chi connectivity index (χ1v) is 13.9. The van der Waals surface area contributed by atoms with Crippen molar-refractivity contribution in [2.45, 2.75) is 44.9 Å². The number of aromatic nitrogens is 2. The maximum atomic E-state index is 5.39. The van der Waals surface area contributed by atoms with Crippen LogP contribution < -0.4 is 4.90 Å². The van der Waals surface area contributed by atoms with Crippen LogP contribution in [0.25, 0.3) is 11.3 Å². The van der Waals surface area contributed by atoms with E-state index in [0.717, 1.165) is 22.6 Å². The van der Waals surface area contributed by atoms with Gasteiger partial charge in [0.15, 0.2) is 0 Å². The van der Waals surface area contributed by atoms with Gasteiger partial charge in [0, 0.05) is 30.2 Å². The largest absolute Gasteiger partial charge is 0.344 e. The molecule has 0 N–H and O–H groups in total. The summed E-state index contributed by atoms with van der Waals surface area (Å²) >= 11 is 0. The molecule has 3 heterocycles. The first kappa shape index (κ1) is 25.1. The zero-order valence-corrected chi connectivity index (χ0v) is 23.4. The van der Waals surface area contributed by atoms with Crippen molar-refractivity contribution >= 4 is 11.4 Å². The van der Waals surface area contributed by atoms with Gasteiger partial charge in [-0.05, 0) is 70.5 Å². The fraction of sp³-hybridized carbons (Fsp3) is 0.222. The molecule has 6 rings (SSSR count). The monoisotopic (exact) mass is 509 g/mol. The van der Waals surface area contributed by atoms with Gasteiger partial charge in [0.05, 0.1) is 17.1 Å². The number of anilines is 2. The Kier molecular flexibility index (Phi) is 6.31. The zero-order valence-electron chi connectivity index (χ0n) is 23.4. The summed E-state index contributed by atoms with van der Waals surface area (Å²) in [5, 5.41) is 0. The van der Waals surface area contributed by atoms with Crippen molar-refractivity contribution < 1.29 is 0 Å². The average molecular weight is 510 g/mol. The summed E-state index contributed by atoms with van der Waals surface area (Å²) in [7, 11) is 2.20. The van der Waals surface area contributed by atoms with Crippen molar-refractivity contribution in [2.24, 2.45) is 0 Å². The molecule has 3 aromatic carbocycles. The first-order valence-electron chi connectivity index (χ1n) is 13.9. The molecule has 0 amide bonds. The Morgan fingerprint density at radius 2 is 1.21 bits per heavy atom. The van der Waals surface area contributed by atoms with E-state index in [4.69, 9.17) is 9.97 Å². The van der Waals surface area contributed by atoms with Crippen LogP contribution >= 0.6 is 0 Å². The van der Waals surface area contributed by atoms with Gasteiger partial charge in [-0.15, -0.1) is 0 Å². The molecule has 39 heavy (non-hydrogen) atoms. The van der Waals surface area contributed by atoms with Crippen molar-refractivity contribution in [1.82, 2.24) is 9.97 Å². The second kappa shape index (κ2) is 9.81. The number of hydrogen-bond acceptors (Lipinski definition) is 3. The summed E-state index contributed by atoms with van der Waals surface area (Å²) < 4.78 is 0. The lowest BCUT2D eigenvalue weighted by Gasteiger charge is -2.44. The Labute approximate surface area is 232 Å². The standard InChI is InChI=1S/C36H35N3/c1-24(2)27-17-19-29-32(22-27)39(5)33-23-28(25(3)4)18-20-30(33)36(29,34-15-9-10-21-37-34)35-16-11-14-31(38-35)26-12-7-6-8-13-26/h6-25H,1-5H3. The van der Waals surface area contributed by atoms with E-state index in [0.29, 0.717) is 11.8 Å². The summed E-state index contributed by atoms with van der Waals surface area (Å²) in [5.74, 6) is 0.853. The third-order valence-corrected chi connectivity index (χ3v) is 8.16. The molecule has 0 bridgehead atoms. The molecule has 1 aliphatic rings. The van der Waals surface area contributed by atoms with Crippen molar-refractivity contribution in [3.63, 3.8) is 0 Å². The highest BCUT2D eigenvalue weighted by Crippen LogP contribution is 2.55. The fourth-order valence-electron chi connectivity index (χ4n) is 5.96. The van der Waals surface area contributed by atoms with E-state index in [1.807, 2.05) is 18.3 Å². The van der Waals surface area contributed by atoms with Crippen molar-refractivity contribution in [2.75, 3.05) is 11.9 Å². The molecule has 0 unspecified atom stereocenters. The molecular formula is C36H35N3. The predicted molar refractivity (Wildman–Crippen MR) is 162 cm³/mol. The van der Waals surface area contributed by atoms with E-state index in [-0.39, 0.29) is 0 Å². The molecule has 0 atom stereocenters. The van der Waals surface area contributed by atoms with E-state index in [1.54, 1.807) is 0 Å². The molecule has 0 saturated carbocycles. The van der Waals surface area contributed by atoms with Gasteiger partial charge in [0.25, 0.3) is 0 Å². The van der Waals surface area contributed by atoms with Crippen LogP contribution in [0.1, 0.15) is 73.2 Å². The third kappa shape index (κ3) is 4.04. The number of benzene rings is 3. The number of hydrogen-bond donors (Lipinski definition) is 0. The van der Waals surface area contributed by atoms with Crippen LogP contribution in [-0.4, -0.2) is 17.0 Å². The minimum absolute atomic E-state index is 0.427. The highest BCUT2D eigenvalue weighted by molar-refractivity contribution is 5.83. The fourth-order valence-corrected chi connectivity index (χ4v) is 5.96. The molecule has 3 heteroatoms. The molecule has 1 aliphatic heterocycles. The lowest BCUT2D eigenvalue weighted by Crippen LogP contribution is -2.39. The van der Waals surface area contributed by atoms with Crippen LogP contribution in [0.3, 0.4) is 0 Å². The molecule has 0 aliphatic carbocycles. The minimum atomic E-state index is -0.672. The van der Waals surface area contributed by atoms with E-state index in [2.05, 4.69) is 131 Å². The Bertz CT molecular complexity index is 1560. The number of nitrogens with zero attached hydrogens (tertiary/aromatic N) is 3. The van der Waals surface area contributed by atoms with Crippen LogP contribution in [0.15, 0.2) is 109 Å². The molecule has 0 saturated heterocycles. The molecule has 3 nitrogen and oxygen atoms in total. The highest BCUT2D eigenvalue weighted by Gasteiger charge is 2.48. The van der Waals surface area contributed by atoms with Gasteiger partial charge in [0.2, 0.25) is 0 Å². The normalized spacial score (nSPS) is 13.9. The average Bonchev–Trinajstić information content (AvgIpc) is 2.98. The Hall–Kier alpha value is -4.24. The molecule has 0 fully saturated rings. The lowest BCUT2D eigenvalue weighted by atomic mass is 9.65. The number of pyridine rings is 2. The molecule has 194 valence electrons. The minimum Gasteiger partial charge on any atom is -0.344 e. The van der Waals surface area contributed by atoms with Gasteiger partial charge >= 0.3 is 0 Å². The van der Waals surface area contributed by atoms with E-state index in [1.165, 1.54) is 33.6 Å². The van der Waals surface area contributed by atoms with Crippen LogP contribution in [0.5, 0.6) is 0 Å². The number of fused-ring (bicyclic) bond motifs is 2. The maximum Gasteiger partial charge on any atom is 0.108 e. The molecule has 5 aromatic rings. The smallest absolute Gasteiger partial charge is 0.108 e. The second-order valence-corrected chi connectivity index (χ2v) is 11.2. The van der Waals surface area contributed by atoms with Gasteiger partial charge in [-0.2, -0.15) is 0 Å². The van der Waals surface area contributed by atoms with Gasteiger partial charge < -0.3 is 4.90 Å². The SMILES string of the molecule is CC(C)c1ccc2c(c1)N(C)c1cc(C(C)C)ccc1C2(c1ccccn1)c1cccc(-c2ccccc2)n1. The van der Waals surface area contributed by atoms with Crippen molar-refractivity contribution in [3.8, 4) is 11.3 Å². The summed E-state index contributed by atoms with van der Waals surface area (Å²) in [6.07, 6.45) is 1.90. The van der Waals surface area contributed by atoms with Gasteiger partial charge in [-0.3, -0.25) is 9.97 Å². The Morgan fingerprint density at radius 1 is 0.615 bits per heavy atom. The first-order chi connectivity index (χ1) is 18.9. The maximum absolute atomic E-state index is 5.39. The van der Waals surface area contributed by atoms with Crippen LogP contribution in [0.2, 0.25) is 0 Å². The van der Waals surface area contributed by atoms with E-state index >= 15 is 0 Å². The summed E-state index contributed by atoms with van der Waals surface area (Å²) in [6, 6.07) is 37.0. The summed E-state index contributed by atoms with van der Waals surface area (Å²) in [5.41, 5.74) is 10.8. The number of rotatable bonds is 5. The quantitative estimate of drug-likeness (QED) is 0.237. The van der Waals surface area contributed by atoms with Crippen molar-refractivity contribution in [1.29, 1.82) is 0 Å². The predicted octanol–water partition coefficient (Wildman–Crippen LogP) is 8.85. The van der Waals surface area contributed by atoms with Crippen molar-refractivity contribution in [3.05, 3.63) is 143 Å². The van der Waals surface area contributed by atoms with E-state index < -0.39 is 5.41 Å². The van der Waals surface area contributed by atoms with Gasteiger partial charge in [-0.1, -0.05) is 94.4 Å². The summed E-state index contributed by atoms with van der Waals surface area (Å²) in [6.45, 7) is 9.02. The zero-order chi connectivity index (χ0) is 27.1. The topological polar surface area (TPSA) is 29.0 Å². The van der Waals surface area contributed by atoms with Gasteiger partial charge in [0.1, 0.15) is 5.41 Å². The van der Waals surface area contributed by atoms with Crippen LogP contribution in [0.4, 0.5) is 11.4 Å². The third-order valence-electron chi connectivity index (χ3n) is 8.16. The second-order valence-electron chi connectivity index (χ2n) is 11.2. The lowest BCUT2D eigenvalue weighted by molar-refractivity contribution is 0.673. The van der Waals surface area contributed by atoms with Crippen LogP contribution in [0, 0.1) is 0 Å². The molecule has 0 spiro atoms. The van der Waals surface area contributed by atoms with E-state index in [9.17, 15) is 0 Å². The van der Waals surface area contributed by atoms with Gasteiger partial charge in [-0.25, -0.2) is 0 Å². The van der Waals surface area contributed by atoms with Crippen LogP contribution in [-0.2, 0) is 5.41 Å². The molecule has 2 aromatic heterocycles.